The number of ether oxygens (including phenoxy) is 3. The normalized spacial score (nSPS) is 11.1. The fraction of sp³-hybridized carbons (Fsp3) is 0.300. The van der Waals surface area contributed by atoms with Crippen LogP contribution in [0.3, 0.4) is 0 Å². The van der Waals surface area contributed by atoms with Crippen molar-refractivity contribution in [3.8, 4) is 11.5 Å². The summed E-state index contributed by atoms with van der Waals surface area (Å²) in [6, 6.07) is 10.4. The van der Waals surface area contributed by atoms with E-state index in [1.54, 1.807) is 49.6 Å². The van der Waals surface area contributed by atoms with Crippen LogP contribution >= 0.6 is 0 Å². The van der Waals surface area contributed by atoms with Crippen molar-refractivity contribution in [2.75, 3.05) is 32.2 Å². The number of anilines is 1. The van der Waals surface area contributed by atoms with Crippen LogP contribution in [0.25, 0.3) is 0 Å². The quantitative estimate of drug-likeness (QED) is 0.175. The molecule has 2 aromatic rings. The zero-order chi connectivity index (χ0) is 20.5. The maximum Gasteiger partial charge on any atom is 1.00 e. The molecule has 2 rings (SSSR count). The molecule has 0 bridgehead atoms. The van der Waals surface area contributed by atoms with Gasteiger partial charge in [0.25, 0.3) is 0 Å². The average molecular weight is 409 g/mol. The molecule has 0 aliphatic heterocycles. The molecule has 4 N–H and O–H groups in total. The van der Waals surface area contributed by atoms with Crippen molar-refractivity contribution in [2.24, 2.45) is 5.73 Å². The van der Waals surface area contributed by atoms with Gasteiger partial charge >= 0.3 is 29.6 Å². The standard InChI is InChI=1S/C20H25N3O5.Na/c1-3-27-17-12-14(6-9-16(17)28-11-10-26-2)18(20(24)25)23-15-7-4-13(5-8-15)19(21)22;/h4-9,12,18,23H,3,10-11H2,1-2H3,(H3,21,22)(H,24,25);/q;+1/p-1. The first-order chi connectivity index (χ1) is 13.5. The molecule has 2 aromatic carbocycles. The molecule has 0 aliphatic carbocycles. The van der Waals surface area contributed by atoms with E-state index in [9.17, 15) is 9.90 Å². The number of carbonyl (C=O) groups excluding carboxylic acids is 1. The molecule has 1 unspecified atom stereocenters. The predicted octanol–water partition coefficient (Wildman–Crippen LogP) is -1.70. The van der Waals surface area contributed by atoms with Crippen molar-refractivity contribution in [2.45, 2.75) is 13.0 Å². The molecule has 1 atom stereocenters. The van der Waals surface area contributed by atoms with Gasteiger partial charge in [0.2, 0.25) is 0 Å². The van der Waals surface area contributed by atoms with Crippen LogP contribution in [0.4, 0.5) is 5.69 Å². The number of hydrogen-bond donors (Lipinski definition) is 3. The van der Waals surface area contributed by atoms with Gasteiger partial charge in [0.05, 0.1) is 25.2 Å². The number of amidine groups is 1. The summed E-state index contributed by atoms with van der Waals surface area (Å²) >= 11 is 0. The van der Waals surface area contributed by atoms with Gasteiger partial charge in [-0.1, -0.05) is 6.07 Å². The zero-order valence-corrected chi connectivity index (χ0v) is 18.9. The third kappa shape index (κ3) is 7.25. The number of nitrogens with two attached hydrogens (primary N) is 1. The molecule has 0 fully saturated rings. The Bertz CT molecular complexity index is 814. The second kappa shape index (κ2) is 12.3. The number of hydrogen-bond acceptors (Lipinski definition) is 7. The van der Waals surface area contributed by atoms with E-state index in [4.69, 9.17) is 25.4 Å². The van der Waals surface area contributed by atoms with Crippen LogP contribution in [0.5, 0.6) is 11.5 Å². The molecule has 150 valence electrons. The molecule has 0 saturated carbocycles. The van der Waals surface area contributed by atoms with Crippen molar-refractivity contribution >= 4 is 17.5 Å². The molecule has 8 nitrogen and oxygen atoms in total. The van der Waals surface area contributed by atoms with Gasteiger partial charge in [-0.05, 0) is 48.9 Å². The Kier molecular flexibility index (Phi) is 10.5. The number of carboxylic acids is 1. The monoisotopic (exact) mass is 409 g/mol. The van der Waals surface area contributed by atoms with Gasteiger partial charge < -0.3 is 35.2 Å². The first-order valence-electron chi connectivity index (χ1n) is 8.76. The Morgan fingerprint density at radius 1 is 1.14 bits per heavy atom. The van der Waals surface area contributed by atoms with Gasteiger partial charge in [-0.2, -0.15) is 0 Å². The second-order valence-corrected chi connectivity index (χ2v) is 5.87. The summed E-state index contributed by atoms with van der Waals surface area (Å²) in [6.07, 6.45) is 0. The summed E-state index contributed by atoms with van der Waals surface area (Å²) in [5.74, 6) is -0.402. The maximum absolute atomic E-state index is 11.7. The minimum atomic E-state index is -1.29. The Hall–Kier alpha value is -2.26. The first kappa shape index (κ1) is 24.8. The van der Waals surface area contributed by atoms with E-state index in [-0.39, 0.29) is 35.4 Å². The summed E-state index contributed by atoms with van der Waals surface area (Å²) in [4.78, 5) is 11.7. The van der Waals surface area contributed by atoms with Crippen molar-refractivity contribution in [3.63, 3.8) is 0 Å². The molecule has 29 heavy (non-hydrogen) atoms. The Labute approximate surface area is 192 Å². The van der Waals surface area contributed by atoms with Crippen molar-refractivity contribution < 1.29 is 53.7 Å². The van der Waals surface area contributed by atoms with Crippen LogP contribution in [0.2, 0.25) is 0 Å². The van der Waals surface area contributed by atoms with E-state index < -0.39 is 12.0 Å². The molecule has 0 aromatic heterocycles. The van der Waals surface area contributed by atoms with Gasteiger partial charge in [-0.15, -0.1) is 0 Å². The van der Waals surface area contributed by atoms with E-state index in [2.05, 4.69) is 5.32 Å². The second-order valence-electron chi connectivity index (χ2n) is 5.87. The molecule has 9 heteroatoms. The number of benzene rings is 2. The number of nitrogen functional groups attached to an aromatic ring is 1. The van der Waals surface area contributed by atoms with Crippen LogP contribution in [0.15, 0.2) is 42.5 Å². The Morgan fingerprint density at radius 3 is 2.38 bits per heavy atom. The van der Waals surface area contributed by atoms with Gasteiger partial charge in [0.1, 0.15) is 12.4 Å². The molecule has 0 amide bonds. The van der Waals surface area contributed by atoms with Gasteiger partial charge in [0, 0.05) is 18.4 Å². The summed E-state index contributed by atoms with van der Waals surface area (Å²) in [7, 11) is 1.58. The minimum absolute atomic E-state index is 0. The van der Waals surface area contributed by atoms with E-state index >= 15 is 0 Å². The summed E-state index contributed by atoms with van der Waals surface area (Å²) in [6.45, 7) is 3.00. The van der Waals surface area contributed by atoms with E-state index in [0.717, 1.165) is 0 Å². The smallest absolute Gasteiger partial charge is 0.548 e. The van der Waals surface area contributed by atoms with Crippen molar-refractivity contribution in [1.82, 2.24) is 0 Å². The predicted molar refractivity (Wildman–Crippen MR) is 104 cm³/mol. The minimum Gasteiger partial charge on any atom is -0.548 e. The molecular formula is C20H24N3NaO5. The number of aliphatic carboxylic acids is 1. The first-order valence-corrected chi connectivity index (χ1v) is 8.76. The summed E-state index contributed by atoms with van der Waals surface area (Å²) in [5, 5.41) is 22.1. The van der Waals surface area contributed by atoms with Crippen LogP contribution < -0.4 is 55.2 Å². The Morgan fingerprint density at radius 2 is 1.83 bits per heavy atom. The van der Waals surface area contributed by atoms with Crippen LogP contribution in [0, 0.1) is 5.41 Å². The number of carboxylic acid groups (broad SMARTS) is 1. The van der Waals surface area contributed by atoms with E-state index in [0.29, 0.717) is 48.1 Å². The fourth-order valence-corrected chi connectivity index (χ4v) is 2.52. The third-order valence-corrected chi connectivity index (χ3v) is 3.89. The van der Waals surface area contributed by atoms with Crippen LogP contribution in [0.1, 0.15) is 24.1 Å². The number of nitrogens with one attached hydrogen (secondary N) is 2. The number of rotatable bonds is 11. The number of methoxy groups -OCH3 is 1. The average Bonchev–Trinajstić information content (AvgIpc) is 2.67. The van der Waals surface area contributed by atoms with E-state index in [1.165, 1.54) is 0 Å². The molecule has 0 radical (unpaired) electrons. The zero-order valence-electron chi connectivity index (χ0n) is 16.9. The summed E-state index contributed by atoms with van der Waals surface area (Å²) < 4.78 is 16.2. The topological polar surface area (TPSA) is 130 Å². The fourth-order valence-electron chi connectivity index (χ4n) is 2.52. The Balaban J connectivity index is 0.00000420. The molecular weight excluding hydrogens is 385 g/mol. The molecule has 0 saturated heterocycles. The van der Waals surface area contributed by atoms with Gasteiger partial charge in [-0.25, -0.2) is 0 Å². The van der Waals surface area contributed by atoms with Crippen LogP contribution in [-0.2, 0) is 9.53 Å². The van der Waals surface area contributed by atoms with Crippen molar-refractivity contribution in [1.29, 1.82) is 5.41 Å². The van der Waals surface area contributed by atoms with Gasteiger partial charge in [0.15, 0.2) is 11.5 Å². The maximum atomic E-state index is 11.7. The van der Waals surface area contributed by atoms with E-state index in [1.807, 2.05) is 6.92 Å². The SMILES string of the molecule is CCOc1cc(C(Nc2ccc(C(=N)N)cc2)C(=O)[O-])ccc1OCCOC.[Na+]. The molecule has 0 heterocycles. The van der Waals surface area contributed by atoms with Gasteiger partial charge in [-0.3, -0.25) is 5.41 Å². The number of carbonyl (C=O) groups is 1. The summed E-state index contributed by atoms with van der Waals surface area (Å²) in [5.41, 5.74) is 6.99. The largest absolute Gasteiger partial charge is 1.00 e. The van der Waals surface area contributed by atoms with Crippen LogP contribution in [-0.4, -0.2) is 38.7 Å². The third-order valence-electron chi connectivity index (χ3n) is 3.89. The van der Waals surface area contributed by atoms with Crippen molar-refractivity contribution in [3.05, 3.63) is 53.6 Å². The molecule has 0 spiro atoms. The molecule has 0 aliphatic rings.